The van der Waals surface area contributed by atoms with Crippen molar-refractivity contribution in [3.05, 3.63) is 93.0 Å². The van der Waals surface area contributed by atoms with Crippen molar-refractivity contribution in [1.29, 1.82) is 0 Å². The van der Waals surface area contributed by atoms with Gasteiger partial charge in [-0.3, -0.25) is 14.7 Å². The van der Waals surface area contributed by atoms with E-state index in [1.165, 1.54) is 4.90 Å². The average molecular weight is 574 g/mol. The summed E-state index contributed by atoms with van der Waals surface area (Å²) >= 11 is 18.7. The van der Waals surface area contributed by atoms with Gasteiger partial charge >= 0.3 is 5.37 Å². The molecule has 0 aliphatic carbocycles. The number of amides is 1. The largest absolute Gasteiger partial charge is 0.494 e. The molecule has 0 fully saturated rings. The summed E-state index contributed by atoms with van der Waals surface area (Å²) < 4.78 is 12.2. The van der Waals surface area contributed by atoms with Gasteiger partial charge in [-0.05, 0) is 78.4 Å². The molecule has 5 nitrogen and oxygen atoms in total. The molecule has 0 bridgehead atoms. The van der Waals surface area contributed by atoms with Gasteiger partial charge in [0.15, 0.2) is 0 Å². The molecule has 1 aliphatic rings. The van der Waals surface area contributed by atoms with E-state index in [1.54, 1.807) is 12.1 Å². The van der Waals surface area contributed by atoms with Gasteiger partial charge in [-0.1, -0.05) is 68.2 Å². The van der Waals surface area contributed by atoms with Crippen LogP contribution in [0, 0.1) is 0 Å². The van der Waals surface area contributed by atoms with Crippen LogP contribution in [0.5, 0.6) is 11.5 Å². The van der Waals surface area contributed by atoms with Crippen LogP contribution in [0.25, 0.3) is 0 Å². The molecule has 1 amide bonds. The Hall–Kier alpha value is -2.73. The summed E-state index contributed by atoms with van der Waals surface area (Å²) in [6.07, 6.45) is 0. The lowest BCUT2D eigenvalue weighted by Gasteiger charge is -2.29. The Balaban J connectivity index is 1.97. The molecule has 3 aromatic rings. The number of hydrogen-bond donors (Lipinski definition) is 0. The minimum Gasteiger partial charge on any atom is -0.494 e. The quantitative estimate of drug-likeness (QED) is 0.209. The number of rotatable bonds is 7. The number of aliphatic imine (C=N–C) groups is 1. The highest BCUT2D eigenvalue weighted by atomic mass is 35.5. The molecule has 0 N–H and O–H groups in total. The third-order valence-corrected chi connectivity index (χ3v) is 7.10. The van der Waals surface area contributed by atoms with Crippen LogP contribution in [-0.4, -0.2) is 29.3 Å². The van der Waals surface area contributed by atoms with E-state index >= 15 is 0 Å². The molecule has 8 heteroatoms. The number of amidine groups is 1. The third kappa shape index (κ3) is 5.80. The second-order valence-corrected chi connectivity index (χ2v) is 11.2. The molecular weight excluding hydrogens is 543 g/mol. The first-order chi connectivity index (χ1) is 18.0. The van der Waals surface area contributed by atoms with Gasteiger partial charge in [-0.2, -0.15) is 0 Å². The standard InChI is InChI=1S/C30H31Cl3N2O3/c1-6-37-24-17-23(30(3,4)5)25(38-7-2)16-22(24)28-34-26(18-8-12-20(31)13-9-18)27(35(28)29(33)36)19-10-14-21(32)15-11-19/h8-17,26-27H,6-7H2,1-5H3. The van der Waals surface area contributed by atoms with Crippen LogP contribution in [0.2, 0.25) is 10.0 Å². The van der Waals surface area contributed by atoms with E-state index in [-0.39, 0.29) is 5.41 Å². The van der Waals surface area contributed by atoms with E-state index in [9.17, 15) is 4.79 Å². The van der Waals surface area contributed by atoms with Crippen molar-refractivity contribution >= 4 is 46.0 Å². The Kier molecular flexibility index (Phi) is 8.61. The molecule has 0 saturated carbocycles. The van der Waals surface area contributed by atoms with E-state index in [2.05, 4.69) is 20.8 Å². The lowest BCUT2D eigenvalue weighted by molar-refractivity contribution is 0.231. The fourth-order valence-corrected chi connectivity index (χ4v) is 5.15. The van der Waals surface area contributed by atoms with Crippen LogP contribution in [0.3, 0.4) is 0 Å². The summed E-state index contributed by atoms with van der Waals surface area (Å²) in [5.74, 6) is 1.73. The molecular formula is C30H31Cl3N2O3. The topological polar surface area (TPSA) is 51.1 Å². The number of hydrogen-bond acceptors (Lipinski definition) is 4. The van der Waals surface area contributed by atoms with Gasteiger partial charge in [-0.15, -0.1) is 0 Å². The zero-order valence-electron chi connectivity index (χ0n) is 22.1. The predicted octanol–water partition coefficient (Wildman–Crippen LogP) is 8.99. The predicted molar refractivity (Wildman–Crippen MR) is 155 cm³/mol. The fraction of sp³-hybridized carbons (Fsp3) is 0.333. The van der Waals surface area contributed by atoms with Crippen molar-refractivity contribution in [3.63, 3.8) is 0 Å². The summed E-state index contributed by atoms with van der Waals surface area (Å²) in [5.41, 5.74) is 3.16. The zero-order valence-corrected chi connectivity index (χ0v) is 24.4. The lowest BCUT2D eigenvalue weighted by Crippen LogP contribution is -2.34. The Morgan fingerprint density at radius 1 is 0.868 bits per heavy atom. The zero-order chi connectivity index (χ0) is 27.6. The lowest BCUT2D eigenvalue weighted by atomic mass is 9.85. The summed E-state index contributed by atoms with van der Waals surface area (Å²) in [6, 6.07) is 17.7. The maximum absolute atomic E-state index is 13.1. The molecule has 1 aliphatic heterocycles. The van der Waals surface area contributed by atoms with Gasteiger partial charge in [0.2, 0.25) is 0 Å². The van der Waals surface area contributed by atoms with Crippen LogP contribution in [0.4, 0.5) is 4.79 Å². The summed E-state index contributed by atoms with van der Waals surface area (Å²) in [4.78, 5) is 19.7. The van der Waals surface area contributed by atoms with Crippen LogP contribution >= 0.6 is 34.8 Å². The Bertz CT molecular complexity index is 1330. The van der Waals surface area contributed by atoms with Crippen molar-refractivity contribution in [3.8, 4) is 11.5 Å². The monoisotopic (exact) mass is 572 g/mol. The van der Waals surface area contributed by atoms with Crippen molar-refractivity contribution in [1.82, 2.24) is 4.90 Å². The first kappa shape index (κ1) is 28.3. The van der Waals surface area contributed by atoms with Gasteiger partial charge in [0.25, 0.3) is 0 Å². The number of halogens is 3. The number of carbonyl (C=O) groups excluding carboxylic acids is 1. The molecule has 2 atom stereocenters. The van der Waals surface area contributed by atoms with Crippen molar-refractivity contribution in [2.45, 2.75) is 52.1 Å². The van der Waals surface area contributed by atoms with Crippen molar-refractivity contribution < 1.29 is 14.3 Å². The third-order valence-electron chi connectivity index (χ3n) is 6.41. The van der Waals surface area contributed by atoms with Crippen molar-refractivity contribution in [2.24, 2.45) is 4.99 Å². The second-order valence-electron chi connectivity index (χ2n) is 10.0. The molecule has 4 rings (SSSR count). The van der Waals surface area contributed by atoms with Crippen molar-refractivity contribution in [2.75, 3.05) is 13.2 Å². The Morgan fingerprint density at radius 2 is 1.39 bits per heavy atom. The van der Waals surface area contributed by atoms with Gasteiger partial charge in [0.1, 0.15) is 23.4 Å². The van der Waals surface area contributed by atoms with Crippen LogP contribution in [0.15, 0.2) is 65.7 Å². The molecule has 0 saturated heterocycles. The molecule has 0 spiro atoms. The van der Waals surface area contributed by atoms with E-state index in [0.717, 1.165) is 16.7 Å². The van der Waals surface area contributed by atoms with Gasteiger partial charge in [0.05, 0.1) is 24.8 Å². The Labute approximate surface area is 239 Å². The number of nitrogens with zero attached hydrogens (tertiary/aromatic N) is 2. The Morgan fingerprint density at radius 3 is 1.89 bits per heavy atom. The molecule has 1 heterocycles. The normalized spacial score (nSPS) is 17.4. The highest BCUT2D eigenvalue weighted by molar-refractivity contribution is 6.64. The highest BCUT2D eigenvalue weighted by Gasteiger charge is 2.43. The van der Waals surface area contributed by atoms with E-state index in [0.29, 0.717) is 46.2 Å². The van der Waals surface area contributed by atoms with Gasteiger partial charge < -0.3 is 9.47 Å². The minimum absolute atomic E-state index is 0.202. The number of benzene rings is 3. The first-order valence-electron chi connectivity index (χ1n) is 12.6. The number of ether oxygens (including phenoxy) is 2. The highest BCUT2D eigenvalue weighted by Crippen LogP contribution is 2.47. The number of carbonyl (C=O) groups is 1. The fourth-order valence-electron chi connectivity index (χ4n) is 4.71. The van der Waals surface area contributed by atoms with Gasteiger partial charge in [0, 0.05) is 15.6 Å². The first-order valence-corrected chi connectivity index (χ1v) is 13.7. The maximum atomic E-state index is 13.1. The van der Waals surface area contributed by atoms with E-state index in [4.69, 9.17) is 49.3 Å². The molecule has 0 aromatic heterocycles. The van der Waals surface area contributed by atoms with Crippen LogP contribution in [-0.2, 0) is 5.41 Å². The minimum atomic E-state index is -0.652. The summed E-state index contributed by atoms with van der Waals surface area (Å²) in [7, 11) is 0. The second kappa shape index (κ2) is 11.6. The van der Waals surface area contributed by atoms with Gasteiger partial charge in [-0.25, -0.2) is 0 Å². The average Bonchev–Trinajstić information content (AvgIpc) is 3.26. The summed E-state index contributed by atoms with van der Waals surface area (Å²) in [6.45, 7) is 11.2. The molecule has 2 unspecified atom stereocenters. The smallest absolute Gasteiger partial charge is 0.322 e. The molecule has 38 heavy (non-hydrogen) atoms. The maximum Gasteiger partial charge on any atom is 0.322 e. The van der Waals surface area contributed by atoms with E-state index in [1.807, 2.05) is 62.4 Å². The van der Waals surface area contributed by atoms with E-state index < -0.39 is 17.5 Å². The molecule has 0 radical (unpaired) electrons. The molecule has 200 valence electrons. The van der Waals surface area contributed by atoms with Crippen LogP contribution < -0.4 is 9.47 Å². The summed E-state index contributed by atoms with van der Waals surface area (Å²) in [5, 5.41) is 0.555. The van der Waals surface area contributed by atoms with Crippen LogP contribution in [0.1, 0.15) is 69.0 Å². The molecule has 3 aromatic carbocycles. The SMILES string of the molecule is CCOc1cc(C(C)(C)C)c(OCC)cc1C1=NC(c2ccc(Cl)cc2)C(c2ccc(Cl)cc2)N1C(=O)Cl.